The summed E-state index contributed by atoms with van der Waals surface area (Å²) in [5.74, 6) is 0.152. The summed E-state index contributed by atoms with van der Waals surface area (Å²) in [7, 11) is 0. The summed E-state index contributed by atoms with van der Waals surface area (Å²) < 4.78 is 3.67. The van der Waals surface area contributed by atoms with Crippen LogP contribution in [0.25, 0.3) is 10.2 Å². The molecule has 1 N–H and O–H groups in total. The predicted molar refractivity (Wildman–Crippen MR) is 104 cm³/mol. The Hall–Kier alpha value is -2.00. The molecule has 0 radical (unpaired) electrons. The van der Waals surface area contributed by atoms with Crippen molar-refractivity contribution >= 4 is 43.4 Å². The van der Waals surface area contributed by atoms with Gasteiger partial charge in [-0.05, 0) is 61.5 Å². The Labute approximate surface area is 162 Å². The average molecular weight is 436 g/mol. The highest BCUT2D eigenvalue weighted by molar-refractivity contribution is 9.10. The largest absolute Gasteiger partial charge is 0.281 e. The lowest BCUT2D eigenvalue weighted by molar-refractivity contribution is -0.120. The zero-order valence-corrected chi connectivity index (χ0v) is 17.1. The van der Waals surface area contributed by atoms with Crippen molar-refractivity contribution < 1.29 is 4.79 Å². The number of nitrogens with one attached hydrogen (secondary N) is 1. The number of halogens is 1. The van der Waals surface area contributed by atoms with E-state index < -0.39 is 6.04 Å². The van der Waals surface area contributed by atoms with Crippen molar-refractivity contribution in [1.82, 2.24) is 19.4 Å². The highest BCUT2D eigenvalue weighted by Gasteiger charge is 2.24. The van der Waals surface area contributed by atoms with Crippen LogP contribution >= 0.6 is 27.3 Å². The number of rotatable bonds is 3. The van der Waals surface area contributed by atoms with Gasteiger partial charge in [0.05, 0.1) is 15.6 Å². The van der Waals surface area contributed by atoms with E-state index in [0.29, 0.717) is 11.2 Å². The molecule has 1 atom stereocenters. The quantitative estimate of drug-likeness (QED) is 0.685. The molecule has 9 heteroatoms. The van der Waals surface area contributed by atoms with Crippen LogP contribution in [0.1, 0.15) is 41.3 Å². The van der Waals surface area contributed by atoms with E-state index >= 15 is 0 Å². The van der Waals surface area contributed by atoms with Gasteiger partial charge < -0.3 is 0 Å². The van der Waals surface area contributed by atoms with E-state index in [1.807, 2.05) is 6.92 Å². The van der Waals surface area contributed by atoms with Crippen molar-refractivity contribution in [3.63, 3.8) is 0 Å². The van der Waals surface area contributed by atoms with Gasteiger partial charge in [-0.1, -0.05) is 0 Å². The van der Waals surface area contributed by atoms with E-state index in [9.17, 15) is 9.59 Å². The Morgan fingerprint density at radius 3 is 2.85 bits per heavy atom. The molecular formula is C17H18BrN5O2S. The maximum Gasteiger partial charge on any atom is 0.281 e. The van der Waals surface area contributed by atoms with Crippen LogP contribution < -0.4 is 11.0 Å². The first kappa shape index (κ1) is 17.4. The zero-order chi connectivity index (χ0) is 18.6. The molecule has 3 aromatic heterocycles. The van der Waals surface area contributed by atoms with Crippen LogP contribution in [0, 0.1) is 13.8 Å². The van der Waals surface area contributed by atoms with Gasteiger partial charge in [-0.3, -0.25) is 19.7 Å². The van der Waals surface area contributed by atoms with Crippen LogP contribution in [0.2, 0.25) is 0 Å². The third kappa shape index (κ3) is 2.69. The van der Waals surface area contributed by atoms with Gasteiger partial charge in [0.2, 0.25) is 0 Å². The van der Waals surface area contributed by atoms with Crippen LogP contribution in [0.3, 0.4) is 0 Å². The van der Waals surface area contributed by atoms with Crippen LogP contribution in [0.15, 0.2) is 15.5 Å². The number of fused-ring (bicyclic) bond motifs is 3. The summed E-state index contributed by atoms with van der Waals surface area (Å²) in [6.07, 6.45) is 4.73. The van der Waals surface area contributed by atoms with Crippen molar-refractivity contribution in [1.29, 1.82) is 0 Å². The second kappa shape index (κ2) is 6.31. The third-order valence-electron chi connectivity index (χ3n) is 4.76. The Balaban J connectivity index is 1.70. The van der Waals surface area contributed by atoms with E-state index in [4.69, 9.17) is 0 Å². The molecule has 7 nitrogen and oxygen atoms in total. The molecule has 0 unspecified atom stereocenters. The molecule has 1 aliphatic carbocycles. The Kier molecular flexibility index (Phi) is 4.23. The summed E-state index contributed by atoms with van der Waals surface area (Å²) in [5, 5.41) is 4.97. The van der Waals surface area contributed by atoms with Crippen molar-refractivity contribution in [3.8, 4) is 0 Å². The Bertz CT molecular complexity index is 1080. The highest BCUT2D eigenvalue weighted by Crippen LogP contribution is 2.34. The molecule has 0 fully saturated rings. The lowest BCUT2D eigenvalue weighted by Crippen LogP contribution is -2.38. The molecular weight excluding hydrogens is 418 g/mol. The number of carbonyl (C=O) groups is 1. The van der Waals surface area contributed by atoms with Gasteiger partial charge in [-0.2, -0.15) is 5.10 Å². The van der Waals surface area contributed by atoms with Gasteiger partial charge in [0.1, 0.15) is 16.7 Å². The van der Waals surface area contributed by atoms with E-state index in [2.05, 4.69) is 31.4 Å². The first-order valence-corrected chi connectivity index (χ1v) is 10.0. The number of carbonyl (C=O) groups excluding carboxylic acids is 1. The van der Waals surface area contributed by atoms with Crippen LogP contribution in [0.4, 0.5) is 0 Å². The monoisotopic (exact) mass is 435 g/mol. The van der Waals surface area contributed by atoms with E-state index in [-0.39, 0.29) is 11.5 Å². The third-order valence-corrected chi connectivity index (χ3v) is 6.73. The SMILES string of the molecule is Cc1nn([C@@H](C)C(=O)Nn2c(C)nc3sc4c(c3c2=O)CCC4)cc1Br. The fourth-order valence-electron chi connectivity index (χ4n) is 3.26. The Morgan fingerprint density at radius 2 is 2.15 bits per heavy atom. The summed E-state index contributed by atoms with van der Waals surface area (Å²) in [6, 6.07) is -0.560. The molecule has 136 valence electrons. The van der Waals surface area contributed by atoms with Crippen LogP contribution in [0.5, 0.6) is 0 Å². The standard InChI is InChI=1S/C17H18BrN5O2S/c1-8-12(18)7-22(20-8)9(2)15(24)21-23-10(3)19-16-14(17(23)25)11-5-4-6-13(11)26-16/h7,9H,4-6H2,1-3H3,(H,21,24)/t9-/m0/s1. The molecule has 4 rings (SSSR count). The fraction of sp³-hybridized carbons (Fsp3) is 0.412. The van der Waals surface area contributed by atoms with Crippen molar-refractivity contribution in [2.24, 2.45) is 0 Å². The van der Waals surface area contributed by atoms with E-state index in [1.165, 1.54) is 9.55 Å². The zero-order valence-electron chi connectivity index (χ0n) is 14.7. The molecule has 0 saturated carbocycles. The topological polar surface area (TPSA) is 81.8 Å². The maximum atomic E-state index is 13.0. The molecule has 0 aromatic carbocycles. The summed E-state index contributed by atoms with van der Waals surface area (Å²) in [5.41, 5.74) is 4.41. The maximum absolute atomic E-state index is 13.0. The van der Waals surface area contributed by atoms with Crippen LogP contribution in [-0.4, -0.2) is 25.3 Å². The van der Waals surface area contributed by atoms with Gasteiger partial charge >= 0.3 is 0 Å². The number of nitrogens with zero attached hydrogens (tertiary/aromatic N) is 4. The smallest absolute Gasteiger partial charge is 0.271 e. The minimum absolute atomic E-state index is 0.203. The molecule has 0 aliphatic heterocycles. The number of thiophene rings is 1. The summed E-state index contributed by atoms with van der Waals surface area (Å²) in [4.78, 5) is 32.2. The second-order valence-electron chi connectivity index (χ2n) is 6.53. The minimum Gasteiger partial charge on any atom is -0.271 e. The molecule has 26 heavy (non-hydrogen) atoms. The molecule has 1 aliphatic rings. The van der Waals surface area contributed by atoms with Gasteiger partial charge in [0.25, 0.3) is 11.5 Å². The van der Waals surface area contributed by atoms with Gasteiger partial charge in [-0.15, -0.1) is 11.3 Å². The lowest BCUT2D eigenvalue weighted by atomic mass is 10.2. The average Bonchev–Trinajstić information content (AvgIpc) is 3.25. The normalized spacial score (nSPS) is 14.6. The fourth-order valence-corrected chi connectivity index (χ4v) is 4.84. The number of hydrogen-bond acceptors (Lipinski definition) is 5. The van der Waals surface area contributed by atoms with Crippen LogP contribution in [-0.2, 0) is 17.6 Å². The molecule has 0 saturated heterocycles. The lowest BCUT2D eigenvalue weighted by Gasteiger charge is -2.15. The first-order valence-electron chi connectivity index (χ1n) is 8.43. The number of amides is 1. The number of aromatic nitrogens is 4. The number of hydrogen-bond donors (Lipinski definition) is 1. The summed E-state index contributed by atoms with van der Waals surface area (Å²) in [6.45, 7) is 5.32. The molecule has 0 spiro atoms. The van der Waals surface area contributed by atoms with Gasteiger partial charge in [-0.25, -0.2) is 9.66 Å². The van der Waals surface area contributed by atoms with Gasteiger partial charge in [0, 0.05) is 11.1 Å². The van der Waals surface area contributed by atoms with E-state index in [0.717, 1.165) is 39.8 Å². The van der Waals surface area contributed by atoms with Crippen molar-refractivity contribution in [2.45, 2.75) is 46.1 Å². The molecule has 0 bridgehead atoms. The molecule has 1 amide bonds. The molecule has 3 heterocycles. The Morgan fingerprint density at radius 1 is 1.38 bits per heavy atom. The number of aryl methyl sites for hydroxylation is 4. The predicted octanol–water partition coefficient (Wildman–Crippen LogP) is 2.85. The second-order valence-corrected chi connectivity index (χ2v) is 8.47. The molecule has 3 aromatic rings. The van der Waals surface area contributed by atoms with Gasteiger partial charge in [0.15, 0.2) is 0 Å². The summed E-state index contributed by atoms with van der Waals surface area (Å²) >= 11 is 4.99. The van der Waals surface area contributed by atoms with Crippen molar-refractivity contribution in [2.75, 3.05) is 5.43 Å². The highest BCUT2D eigenvalue weighted by atomic mass is 79.9. The minimum atomic E-state index is -0.560. The van der Waals surface area contributed by atoms with Crippen molar-refractivity contribution in [3.05, 3.63) is 43.0 Å². The van der Waals surface area contributed by atoms with E-state index in [1.54, 1.807) is 36.1 Å². The first-order chi connectivity index (χ1) is 12.4.